The number of ether oxygens (including phenoxy) is 1. The minimum Gasteiger partial charge on any atom is -0.464 e. The molecule has 100 valence electrons. The van der Waals surface area contributed by atoms with Crippen LogP contribution in [0.15, 0.2) is 21.6 Å². The number of carbonyl (C=O) groups is 1. The second-order valence-corrected chi connectivity index (χ2v) is 6.20. The summed E-state index contributed by atoms with van der Waals surface area (Å²) in [7, 11) is -3.87. The third-order valence-electron chi connectivity index (χ3n) is 2.49. The van der Waals surface area contributed by atoms with Gasteiger partial charge in [0.15, 0.2) is 0 Å². The monoisotopic (exact) mass is 293 g/mol. The third kappa shape index (κ3) is 2.68. The van der Waals surface area contributed by atoms with E-state index in [1.807, 2.05) is 0 Å². The molecule has 1 fully saturated rings. The zero-order chi connectivity index (χ0) is 13.3. The van der Waals surface area contributed by atoms with Gasteiger partial charge in [-0.1, -0.05) is 0 Å². The van der Waals surface area contributed by atoms with Crippen LogP contribution in [0.5, 0.6) is 0 Å². The summed E-state index contributed by atoms with van der Waals surface area (Å²) in [5.74, 6) is -0.220. The quantitative estimate of drug-likeness (QED) is 0.665. The van der Waals surface area contributed by atoms with Gasteiger partial charge in [-0.2, -0.15) is 4.72 Å². The van der Waals surface area contributed by atoms with Gasteiger partial charge >= 0.3 is 5.97 Å². The van der Waals surface area contributed by atoms with E-state index < -0.39 is 27.4 Å². The van der Waals surface area contributed by atoms with E-state index in [2.05, 4.69) is 9.46 Å². The van der Waals surface area contributed by atoms with Crippen LogP contribution in [0.2, 0.25) is 0 Å². The van der Waals surface area contributed by atoms with Crippen molar-refractivity contribution >= 4 is 27.6 Å². The highest BCUT2D eigenvalue weighted by atomic mass is 35.5. The topological polar surface area (TPSA) is 85.6 Å². The number of alkyl halides is 1. The van der Waals surface area contributed by atoms with E-state index in [4.69, 9.17) is 16.0 Å². The summed E-state index contributed by atoms with van der Waals surface area (Å²) in [6, 6.07) is 1.94. The van der Waals surface area contributed by atoms with Gasteiger partial charge in [0.1, 0.15) is 11.8 Å². The van der Waals surface area contributed by atoms with Crippen LogP contribution < -0.4 is 4.72 Å². The Hall–Kier alpha value is -1.05. The number of rotatable bonds is 4. The predicted octanol–water partition coefficient (Wildman–Crippen LogP) is 1.17. The fraction of sp³-hybridized carbons (Fsp3) is 0.500. The number of esters is 1. The van der Waals surface area contributed by atoms with Crippen molar-refractivity contribution in [1.82, 2.24) is 4.72 Å². The summed E-state index contributed by atoms with van der Waals surface area (Å²) in [5.41, 5.74) is 0. The van der Waals surface area contributed by atoms with E-state index in [1.54, 1.807) is 6.92 Å². The van der Waals surface area contributed by atoms with Crippen LogP contribution in [0.4, 0.5) is 0 Å². The number of cyclic esters (lactones) is 1. The van der Waals surface area contributed by atoms with Crippen LogP contribution in [0.25, 0.3) is 0 Å². The molecule has 0 amide bonds. The molecule has 1 aromatic rings. The highest BCUT2D eigenvalue weighted by molar-refractivity contribution is 7.89. The van der Waals surface area contributed by atoms with Crippen molar-refractivity contribution in [2.75, 3.05) is 6.61 Å². The number of hydrogen-bond acceptors (Lipinski definition) is 5. The molecule has 1 aliphatic heterocycles. The van der Waals surface area contributed by atoms with Gasteiger partial charge in [-0.25, -0.2) is 8.42 Å². The molecule has 0 radical (unpaired) electrons. The van der Waals surface area contributed by atoms with Gasteiger partial charge in [0, 0.05) is 6.42 Å². The second kappa shape index (κ2) is 4.91. The average Bonchev–Trinajstić information content (AvgIpc) is 2.88. The van der Waals surface area contributed by atoms with Crippen molar-refractivity contribution in [3.8, 4) is 0 Å². The van der Waals surface area contributed by atoms with Gasteiger partial charge < -0.3 is 9.15 Å². The van der Waals surface area contributed by atoms with Crippen LogP contribution in [0.3, 0.4) is 0 Å². The third-order valence-corrected chi connectivity index (χ3v) is 4.05. The molecular weight excluding hydrogens is 282 g/mol. The molecule has 18 heavy (non-hydrogen) atoms. The molecule has 8 heteroatoms. The van der Waals surface area contributed by atoms with Crippen LogP contribution in [-0.4, -0.2) is 27.0 Å². The molecule has 2 atom stereocenters. The Kier molecular flexibility index (Phi) is 3.65. The van der Waals surface area contributed by atoms with Crippen molar-refractivity contribution in [2.24, 2.45) is 0 Å². The van der Waals surface area contributed by atoms with Gasteiger partial charge in [0.2, 0.25) is 5.09 Å². The van der Waals surface area contributed by atoms with Gasteiger partial charge in [0.25, 0.3) is 10.0 Å². The fourth-order valence-electron chi connectivity index (χ4n) is 1.54. The van der Waals surface area contributed by atoms with Gasteiger partial charge in [0.05, 0.1) is 12.0 Å². The van der Waals surface area contributed by atoms with E-state index in [-0.39, 0.29) is 11.7 Å². The largest absolute Gasteiger partial charge is 0.464 e. The normalized spacial score (nSPS) is 21.9. The second-order valence-electron chi connectivity index (χ2n) is 3.90. The maximum atomic E-state index is 11.9. The smallest absolute Gasteiger partial charge is 0.324 e. The van der Waals surface area contributed by atoms with Gasteiger partial charge in [-0.15, -0.1) is 11.6 Å². The van der Waals surface area contributed by atoms with Crippen molar-refractivity contribution in [3.63, 3.8) is 0 Å². The Labute approximate surface area is 109 Å². The number of nitrogens with one attached hydrogen (secondary N) is 1. The van der Waals surface area contributed by atoms with Crippen LogP contribution >= 0.6 is 11.6 Å². The Bertz CT molecular complexity index is 550. The minimum absolute atomic E-state index is 0.216. The number of sulfonamides is 1. The highest BCUT2D eigenvalue weighted by Crippen LogP contribution is 2.24. The SMILES string of the molecule is CC(Cl)c1ccc(S(=O)(=O)NC2CCOC2=O)o1. The summed E-state index contributed by atoms with van der Waals surface area (Å²) in [4.78, 5) is 11.2. The molecule has 1 saturated heterocycles. The molecular formula is C10H12ClNO5S. The molecule has 1 aliphatic rings. The maximum absolute atomic E-state index is 11.9. The number of hydrogen-bond donors (Lipinski definition) is 1. The van der Waals surface area contributed by atoms with Crippen LogP contribution in [0.1, 0.15) is 24.5 Å². The van der Waals surface area contributed by atoms with E-state index in [0.717, 1.165) is 0 Å². The Morgan fingerprint density at radius 1 is 1.50 bits per heavy atom. The summed E-state index contributed by atoms with van der Waals surface area (Å²) in [5, 5.41) is -0.685. The van der Waals surface area contributed by atoms with E-state index in [9.17, 15) is 13.2 Å². The maximum Gasteiger partial charge on any atom is 0.324 e. The summed E-state index contributed by atoms with van der Waals surface area (Å²) in [6.07, 6.45) is 0.317. The number of carbonyl (C=O) groups excluding carboxylic acids is 1. The first-order chi connectivity index (χ1) is 8.40. The van der Waals surface area contributed by atoms with Crippen LogP contribution in [0, 0.1) is 0 Å². The zero-order valence-corrected chi connectivity index (χ0v) is 11.1. The lowest BCUT2D eigenvalue weighted by Gasteiger charge is -2.07. The van der Waals surface area contributed by atoms with Crippen molar-refractivity contribution in [1.29, 1.82) is 0 Å². The highest BCUT2D eigenvalue weighted by Gasteiger charge is 2.32. The first-order valence-electron chi connectivity index (χ1n) is 5.33. The van der Waals surface area contributed by atoms with Crippen LogP contribution in [-0.2, 0) is 19.6 Å². The lowest BCUT2D eigenvalue weighted by atomic mass is 10.3. The molecule has 0 saturated carbocycles. The van der Waals surface area contributed by atoms with Crippen molar-refractivity contribution in [2.45, 2.75) is 29.9 Å². The molecule has 6 nitrogen and oxygen atoms in total. The van der Waals surface area contributed by atoms with E-state index >= 15 is 0 Å². The average molecular weight is 294 g/mol. The molecule has 2 rings (SSSR count). The fourth-order valence-corrected chi connectivity index (χ4v) is 2.82. The molecule has 0 aliphatic carbocycles. The molecule has 0 bridgehead atoms. The zero-order valence-electron chi connectivity index (χ0n) is 9.55. The summed E-state index contributed by atoms with van der Waals surface area (Å²) < 4.78 is 35.9. The lowest BCUT2D eigenvalue weighted by molar-refractivity contribution is -0.139. The van der Waals surface area contributed by atoms with E-state index in [1.165, 1.54) is 12.1 Å². The lowest BCUT2D eigenvalue weighted by Crippen LogP contribution is -2.37. The summed E-state index contributed by atoms with van der Waals surface area (Å²) >= 11 is 5.78. The number of halogens is 1. The van der Waals surface area contributed by atoms with Crippen molar-refractivity contribution < 1.29 is 22.4 Å². The Balaban J connectivity index is 2.17. The number of furan rings is 1. The molecule has 1 N–H and O–H groups in total. The predicted molar refractivity (Wildman–Crippen MR) is 62.7 cm³/mol. The molecule has 0 aromatic carbocycles. The van der Waals surface area contributed by atoms with Crippen molar-refractivity contribution in [3.05, 3.63) is 17.9 Å². The molecule has 2 heterocycles. The molecule has 1 aromatic heterocycles. The Morgan fingerprint density at radius 2 is 2.22 bits per heavy atom. The molecule has 2 unspecified atom stereocenters. The first-order valence-corrected chi connectivity index (χ1v) is 7.25. The Morgan fingerprint density at radius 3 is 2.72 bits per heavy atom. The molecule has 0 spiro atoms. The minimum atomic E-state index is -3.87. The van der Waals surface area contributed by atoms with Gasteiger partial charge in [-0.3, -0.25) is 4.79 Å². The summed E-state index contributed by atoms with van der Waals surface area (Å²) in [6.45, 7) is 1.88. The standard InChI is InChI=1S/C10H12ClNO5S/c1-6(11)8-2-3-9(17-8)18(14,15)12-7-4-5-16-10(7)13/h2-3,6-7,12H,4-5H2,1H3. The van der Waals surface area contributed by atoms with E-state index in [0.29, 0.717) is 12.2 Å². The van der Waals surface area contributed by atoms with Gasteiger partial charge in [-0.05, 0) is 19.1 Å². The first kappa shape index (κ1) is 13.4.